The number of carbonyl (C=O) groups excluding carboxylic acids is 1. The van der Waals surface area contributed by atoms with Gasteiger partial charge in [0, 0.05) is 7.05 Å². The Morgan fingerprint density at radius 3 is 2.64 bits per heavy atom. The van der Waals surface area contributed by atoms with Gasteiger partial charge in [-0.3, -0.25) is 4.84 Å². The minimum Gasteiger partial charge on any atom is -0.464 e. The molecule has 4 nitrogen and oxygen atoms in total. The second-order valence-electron chi connectivity index (χ2n) is 1.71. The van der Waals surface area contributed by atoms with Crippen LogP contribution in [0.15, 0.2) is 0 Å². The first-order chi connectivity index (χ1) is 4.81. The van der Waals surface area contributed by atoms with Crippen LogP contribution < -0.4 is 5.48 Å². The Labute approximate surface area is 72.6 Å². The number of rotatable bonds is 5. The lowest BCUT2D eigenvalue weighted by molar-refractivity contribution is -0.151. The van der Waals surface area contributed by atoms with Crippen molar-refractivity contribution in [1.82, 2.24) is 5.48 Å². The fourth-order valence-corrected chi connectivity index (χ4v) is 0.389. The third-order valence-electron chi connectivity index (χ3n) is 0.802. The van der Waals surface area contributed by atoms with Gasteiger partial charge in [-0.1, -0.05) is 6.92 Å². The summed E-state index contributed by atoms with van der Waals surface area (Å²) in [5.41, 5.74) is 2.37. The second-order valence-corrected chi connectivity index (χ2v) is 1.71. The van der Waals surface area contributed by atoms with E-state index in [1.54, 1.807) is 7.05 Å². The minimum atomic E-state index is -0.337. The molecule has 0 heterocycles. The quantitative estimate of drug-likeness (QED) is 0.499. The predicted octanol–water partition coefficient (Wildman–Crippen LogP) is 0.512. The smallest absolute Gasteiger partial charge is 0.334 e. The van der Waals surface area contributed by atoms with E-state index in [-0.39, 0.29) is 25.0 Å². The molecule has 0 aliphatic heterocycles. The van der Waals surface area contributed by atoms with E-state index in [1.807, 2.05) is 6.92 Å². The lowest BCUT2D eigenvalue weighted by atomic mass is 10.5. The summed E-state index contributed by atoms with van der Waals surface area (Å²) >= 11 is 0. The second kappa shape index (κ2) is 9.68. The van der Waals surface area contributed by atoms with Crippen molar-refractivity contribution < 1.29 is 14.4 Å². The third kappa shape index (κ3) is 9.68. The first-order valence-corrected chi connectivity index (χ1v) is 3.25. The molecule has 0 unspecified atom stereocenters. The van der Waals surface area contributed by atoms with Gasteiger partial charge in [-0.05, 0) is 6.42 Å². The molecule has 0 aliphatic rings. The first kappa shape index (κ1) is 13.3. The first-order valence-electron chi connectivity index (χ1n) is 3.25. The van der Waals surface area contributed by atoms with E-state index in [0.29, 0.717) is 6.61 Å². The zero-order chi connectivity index (χ0) is 7.82. The number of hydrogen-bond donors (Lipinski definition) is 1. The maximum atomic E-state index is 10.6. The molecule has 0 saturated carbocycles. The fourth-order valence-electron chi connectivity index (χ4n) is 0.389. The summed E-state index contributed by atoms with van der Waals surface area (Å²) in [6.07, 6.45) is 0.839. The monoisotopic (exact) mass is 183 g/mol. The van der Waals surface area contributed by atoms with Gasteiger partial charge >= 0.3 is 5.97 Å². The standard InChI is InChI=1S/C6H13NO3.ClH/c1-3-4-9-6(8)5-10-7-2;/h7H,3-5H2,1-2H3;1H. The van der Waals surface area contributed by atoms with Gasteiger partial charge in [0.25, 0.3) is 0 Å². The van der Waals surface area contributed by atoms with Gasteiger partial charge in [0.15, 0.2) is 6.61 Å². The third-order valence-corrected chi connectivity index (χ3v) is 0.802. The van der Waals surface area contributed by atoms with Crippen LogP contribution in [-0.2, 0) is 14.4 Å². The Morgan fingerprint density at radius 1 is 1.55 bits per heavy atom. The van der Waals surface area contributed by atoms with Crippen LogP contribution in [0.5, 0.6) is 0 Å². The van der Waals surface area contributed by atoms with Crippen LogP contribution in [0.25, 0.3) is 0 Å². The molecule has 0 amide bonds. The molecule has 1 N–H and O–H groups in total. The van der Waals surface area contributed by atoms with Gasteiger partial charge in [-0.25, -0.2) is 10.3 Å². The van der Waals surface area contributed by atoms with Crippen molar-refractivity contribution in [3.8, 4) is 0 Å². The van der Waals surface area contributed by atoms with Crippen molar-refractivity contribution in [1.29, 1.82) is 0 Å². The summed E-state index contributed by atoms with van der Waals surface area (Å²) in [7, 11) is 1.59. The fraction of sp³-hybridized carbons (Fsp3) is 0.833. The highest BCUT2D eigenvalue weighted by Gasteiger charge is 1.99. The average Bonchev–Trinajstić information content (AvgIpc) is 1.97. The van der Waals surface area contributed by atoms with Gasteiger partial charge in [-0.15, -0.1) is 12.4 Å². The molecular weight excluding hydrogens is 170 g/mol. The normalized spacial score (nSPS) is 8.55. The largest absolute Gasteiger partial charge is 0.464 e. The number of hydroxylamine groups is 1. The highest BCUT2D eigenvalue weighted by Crippen LogP contribution is 1.81. The molecule has 68 valence electrons. The number of hydrogen-bond acceptors (Lipinski definition) is 4. The summed E-state index contributed by atoms with van der Waals surface area (Å²) in [5, 5.41) is 0. The molecule has 0 bridgehead atoms. The van der Waals surface area contributed by atoms with Crippen LogP contribution >= 0.6 is 12.4 Å². The van der Waals surface area contributed by atoms with Crippen molar-refractivity contribution >= 4 is 18.4 Å². The topological polar surface area (TPSA) is 47.6 Å². The van der Waals surface area contributed by atoms with Gasteiger partial charge in [-0.2, -0.15) is 0 Å². The molecule has 0 radical (unpaired) electrons. The predicted molar refractivity (Wildman–Crippen MR) is 43.5 cm³/mol. The van der Waals surface area contributed by atoms with Crippen LogP contribution in [0.2, 0.25) is 0 Å². The van der Waals surface area contributed by atoms with Crippen LogP contribution in [0.4, 0.5) is 0 Å². The summed E-state index contributed by atoms with van der Waals surface area (Å²) in [6.45, 7) is 2.37. The summed E-state index contributed by atoms with van der Waals surface area (Å²) < 4.78 is 4.69. The van der Waals surface area contributed by atoms with Crippen LogP contribution in [0.3, 0.4) is 0 Å². The maximum Gasteiger partial charge on any atom is 0.334 e. The van der Waals surface area contributed by atoms with Gasteiger partial charge in [0.1, 0.15) is 0 Å². The van der Waals surface area contributed by atoms with Crippen LogP contribution in [0.1, 0.15) is 13.3 Å². The maximum absolute atomic E-state index is 10.6. The SMILES string of the molecule is CCCOC(=O)CONC.Cl. The Hall–Kier alpha value is -0.320. The van der Waals surface area contributed by atoms with Crippen LogP contribution in [-0.4, -0.2) is 26.2 Å². The Morgan fingerprint density at radius 2 is 2.18 bits per heavy atom. The van der Waals surface area contributed by atoms with Gasteiger partial charge in [0.2, 0.25) is 0 Å². The van der Waals surface area contributed by atoms with Crippen molar-refractivity contribution in [2.45, 2.75) is 13.3 Å². The van der Waals surface area contributed by atoms with Gasteiger partial charge < -0.3 is 4.74 Å². The molecular formula is C6H14ClNO3. The van der Waals surface area contributed by atoms with E-state index in [4.69, 9.17) is 0 Å². The van der Waals surface area contributed by atoms with E-state index in [1.165, 1.54) is 0 Å². The van der Waals surface area contributed by atoms with Crippen molar-refractivity contribution in [3.05, 3.63) is 0 Å². The van der Waals surface area contributed by atoms with Gasteiger partial charge in [0.05, 0.1) is 6.61 Å². The van der Waals surface area contributed by atoms with E-state index in [0.717, 1.165) is 6.42 Å². The molecule has 0 spiro atoms. The molecule has 0 aromatic carbocycles. The molecule has 0 atom stereocenters. The number of carbonyl (C=O) groups is 1. The molecule has 0 aromatic heterocycles. The van der Waals surface area contributed by atoms with E-state index >= 15 is 0 Å². The molecule has 0 saturated heterocycles. The average molecular weight is 184 g/mol. The number of ether oxygens (including phenoxy) is 1. The van der Waals surface area contributed by atoms with Crippen molar-refractivity contribution in [2.75, 3.05) is 20.3 Å². The summed E-state index contributed by atoms with van der Waals surface area (Å²) in [4.78, 5) is 15.1. The highest BCUT2D eigenvalue weighted by atomic mass is 35.5. The Kier molecular flexibility index (Phi) is 11.7. The van der Waals surface area contributed by atoms with E-state index in [2.05, 4.69) is 15.1 Å². The Balaban J connectivity index is 0. The lowest BCUT2D eigenvalue weighted by Crippen LogP contribution is -2.18. The summed E-state index contributed by atoms with van der Waals surface area (Å²) in [6, 6.07) is 0. The Bertz CT molecular complexity index is 89.8. The molecule has 11 heavy (non-hydrogen) atoms. The number of esters is 1. The van der Waals surface area contributed by atoms with Crippen LogP contribution in [0, 0.1) is 0 Å². The molecule has 0 rings (SSSR count). The molecule has 0 fully saturated rings. The zero-order valence-electron chi connectivity index (χ0n) is 6.75. The zero-order valence-corrected chi connectivity index (χ0v) is 7.57. The molecule has 0 aliphatic carbocycles. The van der Waals surface area contributed by atoms with E-state index in [9.17, 15) is 4.79 Å². The molecule has 5 heteroatoms. The van der Waals surface area contributed by atoms with E-state index < -0.39 is 0 Å². The number of halogens is 1. The minimum absolute atomic E-state index is 0. The van der Waals surface area contributed by atoms with Crippen molar-refractivity contribution in [2.24, 2.45) is 0 Å². The number of nitrogens with one attached hydrogen (secondary N) is 1. The lowest BCUT2D eigenvalue weighted by Gasteiger charge is -2.01. The highest BCUT2D eigenvalue weighted by molar-refractivity contribution is 5.85. The molecule has 0 aromatic rings. The summed E-state index contributed by atoms with van der Waals surface area (Å²) in [5.74, 6) is -0.337. The van der Waals surface area contributed by atoms with Crippen molar-refractivity contribution in [3.63, 3.8) is 0 Å².